The average Bonchev–Trinajstić information content (AvgIpc) is 3.87. The predicted octanol–water partition coefficient (Wildman–Crippen LogP) is 19.4. The summed E-state index contributed by atoms with van der Waals surface area (Å²) in [6.07, 6.45) is 0. The molecule has 0 radical (unpaired) electrons. The van der Waals surface area contributed by atoms with Gasteiger partial charge in [0.05, 0.1) is 0 Å². The molecule has 68 heavy (non-hydrogen) atoms. The first-order valence-electron chi connectivity index (χ1n) is 24.0. The first-order valence-corrected chi connectivity index (χ1v) is 24.0. The minimum absolute atomic E-state index is 1.21. The van der Waals surface area contributed by atoms with Gasteiger partial charge in [0.1, 0.15) is 0 Å². The molecule has 14 aromatic carbocycles. The molecule has 0 aromatic heterocycles. The summed E-state index contributed by atoms with van der Waals surface area (Å²) in [5, 5.41) is 20.9. The number of rotatable bonds is 5. The molecule has 0 heteroatoms. The molecule has 0 aliphatic heterocycles. The smallest absolute Gasteiger partial charge is 0.000696 e. The highest BCUT2D eigenvalue weighted by atomic mass is 14.3. The molecule has 0 aliphatic carbocycles. The molecule has 0 unspecified atom stereocenters. The fourth-order valence-corrected chi connectivity index (χ4v) is 12.7. The maximum absolute atomic E-state index is 2.58. The van der Waals surface area contributed by atoms with Crippen LogP contribution >= 0.6 is 0 Å². The van der Waals surface area contributed by atoms with Gasteiger partial charge in [-0.3, -0.25) is 0 Å². The first kappa shape index (κ1) is 38.9. The zero-order valence-electron chi connectivity index (χ0n) is 38.6. The van der Waals surface area contributed by atoms with Crippen LogP contribution in [0.3, 0.4) is 0 Å². The number of hydrogen-bond donors (Lipinski definition) is 0. The van der Waals surface area contributed by atoms with Crippen LogP contribution in [-0.2, 0) is 0 Å². The summed E-state index contributed by atoms with van der Waals surface area (Å²) >= 11 is 0. The van der Waals surface area contributed by atoms with E-state index in [0.717, 1.165) is 0 Å². The highest BCUT2D eigenvalue weighted by molar-refractivity contribution is 6.47. The Morgan fingerprint density at radius 3 is 1.53 bits per heavy atom. The molecule has 0 atom stereocenters. The second-order valence-electron chi connectivity index (χ2n) is 19.2. The molecule has 0 nitrogen and oxygen atoms in total. The minimum atomic E-state index is 1.21. The molecule has 0 spiro atoms. The van der Waals surface area contributed by atoms with E-state index in [-0.39, 0.29) is 0 Å². The molecule has 0 saturated heterocycles. The number of benzene rings is 12. The lowest BCUT2D eigenvalue weighted by molar-refractivity contribution is 1.38. The average molecular weight is 863 g/mol. The van der Waals surface area contributed by atoms with Crippen LogP contribution in [0.2, 0.25) is 0 Å². The van der Waals surface area contributed by atoms with Crippen LogP contribution in [0.1, 0.15) is 22.3 Å². The number of hydrogen-bond acceptors (Lipinski definition) is 0. The van der Waals surface area contributed by atoms with Gasteiger partial charge < -0.3 is 0 Å². The third kappa shape index (κ3) is 5.37. The Morgan fingerprint density at radius 1 is 0.206 bits per heavy atom. The molecule has 0 aliphatic rings. The van der Waals surface area contributed by atoms with Gasteiger partial charge in [0, 0.05) is 0 Å². The molecule has 14 rings (SSSR count). The zero-order chi connectivity index (χ0) is 45.4. The van der Waals surface area contributed by atoms with Gasteiger partial charge in [-0.25, -0.2) is 0 Å². The van der Waals surface area contributed by atoms with Gasteiger partial charge in [-0.2, -0.15) is 0 Å². The van der Waals surface area contributed by atoms with E-state index in [1.807, 2.05) is 0 Å². The summed E-state index contributed by atoms with van der Waals surface area (Å²) < 4.78 is 0. The maximum Gasteiger partial charge on any atom is -0.000696 e. The summed E-state index contributed by atoms with van der Waals surface area (Å²) in [7, 11) is 0. The van der Waals surface area contributed by atoms with Gasteiger partial charge in [-0.1, -0.05) is 188 Å². The monoisotopic (exact) mass is 862 g/mol. The topological polar surface area (TPSA) is 0 Å². The van der Waals surface area contributed by atoms with Crippen molar-refractivity contribution in [1.29, 1.82) is 0 Å². The van der Waals surface area contributed by atoms with Crippen molar-refractivity contribution in [3.63, 3.8) is 0 Å². The van der Waals surface area contributed by atoms with E-state index in [0.29, 0.717) is 0 Å². The van der Waals surface area contributed by atoms with Crippen molar-refractivity contribution < 1.29 is 0 Å². The molecule has 0 N–H and O–H groups in total. The second kappa shape index (κ2) is 14.6. The van der Waals surface area contributed by atoms with E-state index in [2.05, 4.69) is 234 Å². The summed E-state index contributed by atoms with van der Waals surface area (Å²) in [5.41, 5.74) is 17.9. The van der Waals surface area contributed by atoms with E-state index < -0.39 is 0 Å². The SMILES string of the molecule is Cc1cccc(C)c1-c1ccc2c(c1)c1cccc3c4c(-c5ccccc5)c5c6cc7ccccc7c7c(-c8c(C)cccc8C)ccc(c5c(-c5ccccc5-c5ccccc5)c4cc2c13)c67. The summed E-state index contributed by atoms with van der Waals surface area (Å²) in [4.78, 5) is 0. The van der Waals surface area contributed by atoms with Crippen LogP contribution < -0.4 is 0 Å². The van der Waals surface area contributed by atoms with Crippen LogP contribution in [0.5, 0.6) is 0 Å². The van der Waals surface area contributed by atoms with Crippen LogP contribution in [0.25, 0.3) is 142 Å². The molecule has 0 saturated carbocycles. The Kier molecular flexibility index (Phi) is 8.35. The van der Waals surface area contributed by atoms with E-state index in [4.69, 9.17) is 0 Å². The third-order valence-corrected chi connectivity index (χ3v) is 15.4. The standard InChI is InChI=1S/C68H46/c1-39-18-15-19-40(2)59(39)46-32-33-49-55(37-46)51-30-17-31-52-62(51)56(49)38-58-64(50-29-14-13-27-47(50)43-22-7-5-8-23-43)67-54-35-34-53(60-41(3)20-16-21-42(60)4)63-48-28-12-11-26-45(48)36-57(66(54)63)68(67)61(65(52)58)44-24-9-6-10-25-44/h5-38H,1-4H3. The number of aryl methyl sites for hydroxylation is 4. The Hall–Kier alpha value is -8.32. The van der Waals surface area contributed by atoms with Crippen LogP contribution in [-0.4, -0.2) is 0 Å². The van der Waals surface area contributed by atoms with Crippen molar-refractivity contribution in [2.45, 2.75) is 27.7 Å². The predicted molar refractivity (Wildman–Crippen MR) is 295 cm³/mol. The maximum atomic E-state index is 2.58. The summed E-state index contributed by atoms with van der Waals surface area (Å²) in [6, 6.07) is 78.2. The lowest BCUT2D eigenvalue weighted by Gasteiger charge is -2.20. The van der Waals surface area contributed by atoms with Gasteiger partial charge in [0.15, 0.2) is 0 Å². The van der Waals surface area contributed by atoms with E-state index in [1.165, 1.54) is 164 Å². The van der Waals surface area contributed by atoms with Gasteiger partial charge in [-0.05, 0) is 210 Å². The molecular formula is C68H46. The fraction of sp³-hybridized carbons (Fsp3) is 0.0588. The lowest BCUT2D eigenvalue weighted by Crippen LogP contribution is -1.93. The van der Waals surface area contributed by atoms with Crippen molar-refractivity contribution in [3.05, 3.63) is 229 Å². The Morgan fingerprint density at radius 2 is 0.779 bits per heavy atom. The fourth-order valence-electron chi connectivity index (χ4n) is 12.7. The van der Waals surface area contributed by atoms with Gasteiger partial charge in [-0.15, -0.1) is 0 Å². The van der Waals surface area contributed by atoms with E-state index in [1.54, 1.807) is 0 Å². The van der Waals surface area contributed by atoms with Crippen LogP contribution in [0, 0.1) is 27.7 Å². The van der Waals surface area contributed by atoms with Gasteiger partial charge >= 0.3 is 0 Å². The van der Waals surface area contributed by atoms with Gasteiger partial charge in [0.25, 0.3) is 0 Å². The Labute approximate surface area is 396 Å². The molecule has 14 aromatic rings. The zero-order valence-corrected chi connectivity index (χ0v) is 38.6. The third-order valence-electron chi connectivity index (χ3n) is 15.4. The normalized spacial score (nSPS) is 12.1. The largest absolute Gasteiger partial charge is 0.0622 e. The van der Waals surface area contributed by atoms with Crippen molar-refractivity contribution >= 4 is 86.2 Å². The minimum Gasteiger partial charge on any atom is -0.0622 e. The van der Waals surface area contributed by atoms with Crippen molar-refractivity contribution in [3.8, 4) is 55.6 Å². The molecule has 0 amide bonds. The molecular weight excluding hydrogens is 817 g/mol. The quantitative estimate of drug-likeness (QED) is 0.151. The second-order valence-corrected chi connectivity index (χ2v) is 19.2. The van der Waals surface area contributed by atoms with Gasteiger partial charge in [0.2, 0.25) is 0 Å². The van der Waals surface area contributed by atoms with E-state index in [9.17, 15) is 0 Å². The highest BCUT2D eigenvalue weighted by Crippen LogP contribution is 2.57. The van der Waals surface area contributed by atoms with Crippen molar-refractivity contribution in [2.75, 3.05) is 0 Å². The number of fused-ring (bicyclic) bond motifs is 10. The lowest BCUT2D eigenvalue weighted by atomic mass is 9.82. The molecule has 0 heterocycles. The van der Waals surface area contributed by atoms with E-state index >= 15 is 0 Å². The molecule has 318 valence electrons. The van der Waals surface area contributed by atoms with Crippen LogP contribution in [0.4, 0.5) is 0 Å². The Bertz CT molecular complexity index is 4340. The Balaban J connectivity index is 1.26. The van der Waals surface area contributed by atoms with Crippen LogP contribution in [0.15, 0.2) is 206 Å². The summed E-state index contributed by atoms with van der Waals surface area (Å²) in [5.74, 6) is 0. The van der Waals surface area contributed by atoms with Crippen molar-refractivity contribution in [2.24, 2.45) is 0 Å². The highest BCUT2D eigenvalue weighted by Gasteiger charge is 2.29. The molecule has 0 bridgehead atoms. The summed E-state index contributed by atoms with van der Waals surface area (Å²) in [6.45, 7) is 9.02. The van der Waals surface area contributed by atoms with Crippen molar-refractivity contribution in [1.82, 2.24) is 0 Å². The first-order chi connectivity index (χ1) is 33.4. The molecule has 0 fully saturated rings.